The van der Waals surface area contributed by atoms with Gasteiger partial charge in [0.1, 0.15) is 10.7 Å². The molecule has 1 aromatic heterocycles. The topological polar surface area (TPSA) is 89.0 Å². The van der Waals surface area contributed by atoms with E-state index in [9.17, 15) is 13.2 Å². The van der Waals surface area contributed by atoms with Crippen LogP contribution >= 0.6 is 0 Å². The molecule has 2 aliphatic rings. The lowest BCUT2D eigenvalue weighted by atomic mass is 9.99. The molecule has 0 spiro atoms. The van der Waals surface area contributed by atoms with Crippen molar-refractivity contribution in [3.05, 3.63) is 59.8 Å². The van der Waals surface area contributed by atoms with E-state index in [2.05, 4.69) is 23.2 Å². The van der Waals surface area contributed by atoms with Gasteiger partial charge < -0.3 is 14.4 Å². The molecule has 9 heteroatoms. The first kappa shape index (κ1) is 21.5. The third-order valence-electron chi connectivity index (χ3n) is 5.50. The number of methoxy groups -OCH3 is 1. The summed E-state index contributed by atoms with van der Waals surface area (Å²) >= 11 is 0. The van der Waals surface area contributed by atoms with Crippen LogP contribution < -0.4 is 4.90 Å². The third-order valence-corrected chi connectivity index (χ3v) is 7.40. The van der Waals surface area contributed by atoms with Crippen LogP contribution in [-0.4, -0.2) is 70.2 Å². The van der Waals surface area contributed by atoms with Gasteiger partial charge in [0.2, 0.25) is 10.0 Å². The van der Waals surface area contributed by atoms with E-state index < -0.39 is 16.0 Å². The lowest BCUT2D eigenvalue weighted by Crippen LogP contribution is -2.41. The Morgan fingerprint density at radius 3 is 2.52 bits per heavy atom. The van der Waals surface area contributed by atoms with Crippen molar-refractivity contribution in [3.63, 3.8) is 0 Å². The number of ether oxygens (including phenoxy) is 2. The molecule has 1 saturated heterocycles. The van der Waals surface area contributed by atoms with Crippen LogP contribution in [0.25, 0.3) is 5.57 Å². The Balaban J connectivity index is 1.69. The molecular weight excluding hydrogens is 418 g/mol. The van der Waals surface area contributed by atoms with E-state index in [1.165, 1.54) is 29.3 Å². The van der Waals surface area contributed by atoms with Crippen LogP contribution in [0.3, 0.4) is 0 Å². The molecule has 0 radical (unpaired) electrons. The Hall–Kier alpha value is -2.75. The van der Waals surface area contributed by atoms with Gasteiger partial charge in [-0.2, -0.15) is 4.31 Å². The van der Waals surface area contributed by atoms with Crippen LogP contribution in [0.2, 0.25) is 0 Å². The zero-order chi connectivity index (χ0) is 21.8. The third kappa shape index (κ3) is 4.48. The van der Waals surface area contributed by atoms with E-state index in [1.807, 2.05) is 23.1 Å². The fourth-order valence-corrected chi connectivity index (χ4v) is 5.39. The van der Waals surface area contributed by atoms with Gasteiger partial charge in [0, 0.05) is 32.4 Å². The number of anilines is 1. The average Bonchev–Trinajstić information content (AvgIpc) is 2.84. The lowest BCUT2D eigenvalue weighted by molar-refractivity contribution is 0.0600. The zero-order valence-electron chi connectivity index (χ0n) is 17.4. The minimum absolute atomic E-state index is 0.0221. The van der Waals surface area contributed by atoms with Gasteiger partial charge in [-0.3, -0.25) is 0 Å². The van der Waals surface area contributed by atoms with Crippen LogP contribution in [0.4, 0.5) is 5.82 Å². The van der Waals surface area contributed by atoms with Crippen molar-refractivity contribution in [1.29, 1.82) is 0 Å². The molecule has 2 aliphatic heterocycles. The van der Waals surface area contributed by atoms with E-state index >= 15 is 0 Å². The summed E-state index contributed by atoms with van der Waals surface area (Å²) in [5.74, 6) is -0.273. The van der Waals surface area contributed by atoms with Gasteiger partial charge in [-0.25, -0.2) is 18.2 Å². The monoisotopic (exact) mass is 443 g/mol. The standard InChI is InChI=1S/C22H25N3O5S/c1-29-22(26)19-15-20(31(27,28)25-11-13-30-14-12-25)21(23-16-19)24-9-7-18(8-10-24)17-5-3-2-4-6-17/h2-7,15-16H,8-14H2,1H3. The molecule has 164 valence electrons. The number of rotatable bonds is 5. The second-order valence-electron chi connectivity index (χ2n) is 7.35. The molecule has 3 heterocycles. The maximum Gasteiger partial charge on any atom is 0.339 e. The fourth-order valence-electron chi connectivity index (χ4n) is 3.80. The quantitative estimate of drug-likeness (QED) is 0.655. The summed E-state index contributed by atoms with van der Waals surface area (Å²) in [7, 11) is -2.59. The molecule has 1 aromatic carbocycles. The van der Waals surface area contributed by atoms with Crippen molar-refractivity contribution in [2.24, 2.45) is 0 Å². The van der Waals surface area contributed by atoms with Gasteiger partial charge in [0.25, 0.3) is 0 Å². The van der Waals surface area contributed by atoms with Gasteiger partial charge in [0.15, 0.2) is 0 Å². The van der Waals surface area contributed by atoms with E-state index in [0.29, 0.717) is 32.1 Å². The first-order valence-corrected chi connectivity index (χ1v) is 11.6. The highest BCUT2D eigenvalue weighted by Gasteiger charge is 2.32. The zero-order valence-corrected chi connectivity index (χ0v) is 18.2. The summed E-state index contributed by atoms with van der Waals surface area (Å²) < 4.78 is 38.3. The number of sulfonamides is 1. The van der Waals surface area contributed by atoms with Crippen LogP contribution in [-0.2, 0) is 19.5 Å². The fraction of sp³-hybridized carbons (Fsp3) is 0.364. The molecule has 0 bridgehead atoms. The molecule has 8 nitrogen and oxygen atoms in total. The molecule has 0 saturated carbocycles. The van der Waals surface area contributed by atoms with Crippen molar-refractivity contribution in [2.75, 3.05) is 51.4 Å². The Kier molecular flexibility index (Phi) is 6.35. The van der Waals surface area contributed by atoms with Gasteiger partial charge in [0.05, 0.1) is 25.9 Å². The van der Waals surface area contributed by atoms with Crippen LogP contribution in [0.15, 0.2) is 53.6 Å². The lowest BCUT2D eigenvalue weighted by Gasteiger charge is -2.31. The number of carbonyl (C=O) groups is 1. The predicted molar refractivity (Wildman–Crippen MR) is 116 cm³/mol. The summed E-state index contributed by atoms with van der Waals surface area (Å²) in [6, 6.07) is 11.5. The maximum absolute atomic E-state index is 13.4. The number of pyridine rings is 1. The van der Waals surface area contributed by atoms with Crippen molar-refractivity contribution in [3.8, 4) is 0 Å². The Morgan fingerprint density at radius 1 is 1.13 bits per heavy atom. The molecule has 1 fully saturated rings. The first-order chi connectivity index (χ1) is 15.0. The SMILES string of the molecule is COC(=O)c1cnc(N2CC=C(c3ccccc3)CC2)c(S(=O)(=O)N2CCOCC2)c1. The number of carbonyl (C=O) groups excluding carboxylic acids is 1. The number of esters is 1. The minimum Gasteiger partial charge on any atom is -0.465 e. The summed E-state index contributed by atoms with van der Waals surface area (Å²) in [4.78, 5) is 18.4. The van der Waals surface area contributed by atoms with Crippen LogP contribution in [0.1, 0.15) is 22.3 Å². The summed E-state index contributed by atoms with van der Waals surface area (Å²) in [5, 5.41) is 0. The molecule has 0 atom stereocenters. The highest BCUT2D eigenvalue weighted by Crippen LogP contribution is 2.31. The maximum atomic E-state index is 13.4. The normalized spacial score (nSPS) is 17.8. The van der Waals surface area contributed by atoms with Crippen LogP contribution in [0, 0.1) is 0 Å². The van der Waals surface area contributed by atoms with Gasteiger partial charge in [-0.1, -0.05) is 36.4 Å². The molecule has 0 N–H and O–H groups in total. The number of benzene rings is 1. The molecule has 0 aliphatic carbocycles. The number of hydrogen-bond acceptors (Lipinski definition) is 7. The average molecular weight is 444 g/mol. The molecule has 0 unspecified atom stereocenters. The molecule has 0 amide bonds. The van der Waals surface area contributed by atoms with Crippen molar-refractivity contribution in [2.45, 2.75) is 11.3 Å². The van der Waals surface area contributed by atoms with Gasteiger partial charge in [-0.05, 0) is 23.6 Å². The highest BCUT2D eigenvalue weighted by molar-refractivity contribution is 7.89. The number of morpholine rings is 1. The highest BCUT2D eigenvalue weighted by atomic mass is 32.2. The second-order valence-corrected chi connectivity index (χ2v) is 9.25. The largest absolute Gasteiger partial charge is 0.465 e. The first-order valence-electron chi connectivity index (χ1n) is 10.2. The molecule has 2 aromatic rings. The summed E-state index contributed by atoms with van der Waals surface area (Å²) in [5.41, 5.74) is 2.49. The Morgan fingerprint density at radius 2 is 1.87 bits per heavy atom. The summed E-state index contributed by atoms with van der Waals surface area (Å²) in [6.45, 7) is 2.36. The van der Waals surface area contributed by atoms with Crippen molar-refractivity contribution >= 4 is 27.4 Å². The van der Waals surface area contributed by atoms with Crippen LogP contribution in [0.5, 0.6) is 0 Å². The molecule has 31 heavy (non-hydrogen) atoms. The smallest absolute Gasteiger partial charge is 0.339 e. The van der Waals surface area contributed by atoms with E-state index in [0.717, 1.165) is 12.0 Å². The molecule has 4 rings (SSSR count). The van der Waals surface area contributed by atoms with E-state index in [1.54, 1.807) is 0 Å². The van der Waals surface area contributed by atoms with Gasteiger partial charge in [-0.15, -0.1) is 0 Å². The Labute approximate surface area is 182 Å². The predicted octanol–water partition coefficient (Wildman–Crippen LogP) is 2.18. The minimum atomic E-state index is -3.85. The summed E-state index contributed by atoms with van der Waals surface area (Å²) in [6.07, 6.45) is 4.23. The number of hydrogen-bond donors (Lipinski definition) is 0. The number of nitrogens with zero attached hydrogens (tertiary/aromatic N) is 3. The van der Waals surface area contributed by atoms with Crippen molar-refractivity contribution < 1.29 is 22.7 Å². The molecular formula is C22H25N3O5S. The number of aromatic nitrogens is 1. The van der Waals surface area contributed by atoms with E-state index in [4.69, 9.17) is 9.47 Å². The van der Waals surface area contributed by atoms with Crippen molar-refractivity contribution in [1.82, 2.24) is 9.29 Å². The van der Waals surface area contributed by atoms with E-state index in [-0.39, 0.29) is 23.5 Å². The second kappa shape index (κ2) is 9.17. The Bertz CT molecular complexity index is 1080. The van der Waals surface area contributed by atoms with Gasteiger partial charge >= 0.3 is 5.97 Å².